The lowest BCUT2D eigenvalue weighted by atomic mass is 9.68. The van der Waals surface area contributed by atoms with Gasteiger partial charge in [0.25, 0.3) is 0 Å². The van der Waals surface area contributed by atoms with E-state index in [0.29, 0.717) is 11.8 Å². The summed E-state index contributed by atoms with van der Waals surface area (Å²) >= 11 is 0. The van der Waals surface area contributed by atoms with E-state index < -0.39 is 0 Å². The van der Waals surface area contributed by atoms with Crippen LogP contribution in [0.3, 0.4) is 0 Å². The number of phenols is 1. The number of hydrogen-bond acceptors (Lipinski definition) is 3. The topological polar surface area (TPSA) is 32.7 Å². The number of aromatic hydroxyl groups is 1. The smallest absolute Gasteiger partial charge is 0.123 e. The number of likely N-dealkylation sites (tertiary alicyclic amines) is 1. The van der Waals surface area contributed by atoms with E-state index in [1.807, 2.05) is 12.1 Å². The number of benzene rings is 1. The fraction of sp³-hybridized carbons (Fsp3) is 0.625. The maximum Gasteiger partial charge on any atom is 0.123 e. The Balaban J connectivity index is 0.00000147. The number of hydrogen-bond donors (Lipinski definition) is 1. The molecule has 0 radical (unpaired) electrons. The number of nitrogens with zero attached hydrogens (tertiary/aromatic N) is 1. The van der Waals surface area contributed by atoms with Crippen LogP contribution in [0, 0.1) is 0 Å². The minimum atomic E-state index is 0. The number of phenolic OH excluding ortho intramolecular Hbond substituents is 1. The molecule has 0 spiro atoms. The molecule has 0 aromatic heterocycles. The van der Waals surface area contributed by atoms with Crippen LogP contribution in [-0.4, -0.2) is 35.7 Å². The molecule has 1 saturated heterocycles. The largest absolute Gasteiger partial charge is 0.508 e. The predicted octanol–water partition coefficient (Wildman–Crippen LogP) is 3.34. The molecule has 0 aliphatic carbocycles. The molecule has 1 fully saturated rings. The van der Waals surface area contributed by atoms with Crippen molar-refractivity contribution in [2.75, 3.05) is 19.7 Å². The number of piperidine rings is 1. The molecule has 2 heterocycles. The van der Waals surface area contributed by atoms with Gasteiger partial charge < -0.3 is 9.84 Å². The fourth-order valence-corrected chi connectivity index (χ4v) is 3.79. The highest BCUT2D eigenvalue weighted by Crippen LogP contribution is 2.47. The molecule has 3 nitrogen and oxygen atoms in total. The third-order valence-electron chi connectivity index (χ3n) is 4.80. The van der Waals surface area contributed by atoms with Crippen molar-refractivity contribution in [3.8, 4) is 11.5 Å². The van der Waals surface area contributed by atoms with Gasteiger partial charge in [-0.2, -0.15) is 0 Å². The highest BCUT2D eigenvalue weighted by molar-refractivity contribution is 5.85. The zero-order valence-corrected chi connectivity index (χ0v) is 13.1. The van der Waals surface area contributed by atoms with E-state index in [-0.39, 0.29) is 17.8 Å². The monoisotopic (exact) mass is 297 g/mol. The molecule has 0 saturated carbocycles. The third kappa shape index (κ3) is 2.38. The highest BCUT2D eigenvalue weighted by atomic mass is 35.5. The van der Waals surface area contributed by atoms with Crippen LogP contribution in [0.1, 0.15) is 38.7 Å². The Morgan fingerprint density at radius 1 is 1.45 bits per heavy atom. The maximum absolute atomic E-state index is 9.79. The zero-order chi connectivity index (χ0) is 13.5. The van der Waals surface area contributed by atoms with Gasteiger partial charge in [0.05, 0.1) is 6.04 Å². The van der Waals surface area contributed by atoms with E-state index in [4.69, 9.17) is 4.74 Å². The van der Waals surface area contributed by atoms with Crippen molar-refractivity contribution < 1.29 is 9.84 Å². The van der Waals surface area contributed by atoms with E-state index in [1.54, 1.807) is 6.07 Å². The summed E-state index contributed by atoms with van der Waals surface area (Å²) in [5.74, 6) is 1.30. The van der Waals surface area contributed by atoms with Gasteiger partial charge in [-0.1, -0.05) is 13.8 Å². The normalized spacial score (nSPS) is 28.8. The van der Waals surface area contributed by atoms with Crippen molar-refractivity contribution in [2.24, 2.45) is 0 Å². The van der Waals surface area contributed by atoms with Crippen LogP contribution in [-0.2, 0) is 5.41 Å². The summed E-state index contributed by atoms with van der Waals surface area (Å²) in [7, 11) is 0. The first-order valence-electron chi connectivity index (χ1n) is 7.35. The Labute approximate surface area is 127 Å². The van der Waals surface area contributed by atoms with Crippen LogP contribution < -0.4 is 4.74 Å². The Hall–Kier alpha value is -0.930. The molecule has 20 heavy (non-hydrogen) atoms. The number of fused-ring (bicyclic) bond motifs is 3. The minimum Gasteiger partial charge on any atom is -0.508 e. The van der Waals surface area contributed by atoms with Crippen LogP contribution in [0.25, 0.3) is 0 Å². The molecular formula is C16H24ClNO2. The Kier molecular flexibility index (Phi) is 4.50. The van der Waals surface area contributed by atoms with Crippen LogP contribution in [0.2, 0.25) is 0 Å². The number of halogens is 1. The Bertz CT molecular complexity index is 478. The molecule has 1 aromatic rings. The molecule has 0 amide bonds. The van der Waals surface area contributed by atoms with Crippen molar-refractivity contribution in [3.63, 3.8) is 0 Å². The number of rotatable bonds is 2. The van der Waals surface area contributed by atoms with Crippen LogP contribution in [0.4, 0.5) is 0 Å². The molecule has 2 aliphatic heterocycles. The van der Waals surface area contributed by atoms with Crippen molar-refractivity contribution in [1.29, 1.82) is 0 Å². The van der Waals surface area contributed by atoms with Gasteiger partial charge in [-0.3, -0.25) is 4.90 Å². The van der Waals surface area contributed by atoms with Gasteiger partial charge in [0, 0.05) is 11.0 Å². The van der Waals surface area contributed by atoms with Crippen molar-refractivity contribution in [1.82, 2.24) is 4.90 Å². The van der Waals surface area contributed by atoms with Gasteiger partial charge in [-0.15, -0.1) is 12.4 Å². The summed E-state index contributed by atoms with van der Waals surface area (Å²) in [5, 5.41) is 9.79. The summed E-state index contributed by atoms with van der Waals surface area (Å²) in [6, 6.07) is 5.97. The molecule has 3 rings (SSSR count). The predicted molar refractivity (Wildman–Crippen MR) is 83.1 cm³/mol. The van der Waals surface area contributed by atoms with Crippen LogP contribution in [0.15, 0.2) is 18.2 Å². The van der Waals surface area contributed by atoms with Gasteiger partial charge in [0.1, 0.15) is 18.1 Å². The standard InChI is InChI=1S/C16H23NO2.ClH/c1-3-8-17-9-4-7-16(2)13-10-12(18)5-6-14(13)19-11-15(16)17;/h5-6,10,15,18H,3-4,7-9,11H2,1-2H3;1H/t15-,16-;/m1./s1. The van der Waals surface area contributed by atoms with E-state index >= 15 is 0 Å². The SMILES string of the molecule is CCCN1CCC[C@]2(C)c3cc(O)ccc3OC[C@@H]12.Cl. The molecule has 1 aromatic carbocycles. The lowest BCUT2D eigenvalue weighted by Crippen LogP contribution is -2.58. The van der Waals surface area contributed by atoms with E-state index in [9.17, 15) is 5.11 Å². The van der Waals surface area contributed by atoms with E-state index in [0.717, 1.165) is 18.9 Å². The maximum atomic E-state index is 9.79. The summed E-state index contributed by atoms with van der Waals surface area (Å²) in [4.78, 5) is 2.57. The molecule has 2 aliphatic rings. The average molecular weight is 298 g/mol. The van der Waals surface area contributed by atoms with Crippen molar-refractivity contribution in [2.45, 2.75) is 44.6 Å². The Morgan fingerprint density at radius 2 is 2.25 bits per heavy atom. The minimum absolute atomic E-state index is 0. The van der Waals surface area contributed by atoms with E-state index in [1.165, 1.54) is 31.4 Å². The highest BCUT2D eigenvalue weighted by Gasteiger charge is 2.46. The third-order valence-corrected chi connectivity index (χ3v) is 4.80. The summed E-state index contributed by atoms with van der Waals surface area (Å²) in [6.07, 6.45) is 3.58. The van der Waals surface area contributed by atoms with Crippen molar-refractivity contribution in [3.05, 3.63) is 23.8 Å². The lowest BCUT2D eigenvalue weighted by molar-refractivity contribution is 0.0222. The zero-order valence-electron chi connectivity index (χ0n) is 12.3. The molecule has 112 valence electrons. The summed E-state index contributed by atoms with van der Waals surface area (Å²) in [5.41, 5.74) is 1.30. The molecule has 2 atom stereocenters. The molecular weight excluding hydrogens is 274 g/mol. The van der Waals surface area contributed by atoms with Gasteiger partial charge in [0.15, 0.2) is 0 Å². The second kappa shape index (κ2) is 5.82. The molecule has 0 bridgehead atoms. The molecule has 4 heteroatoms. The first kappa shape index (κ1) is 15.5. The van der Waals surface area contributed by atoms with Gasteiger partial charge in [-0.25, -0.2) is 0 Å². The van der Waals surface area contributed by atoms with Crippen molar-refractivity contribution >= 4 is 12.4 Å². The van der Waals surface area contributed by atoms with Gasteiger partial charge >= 0.3 is 0 Å². The lowest BCUT2D eigenvalue weighted by Gasteiger charge is -2.51. The van der Waals surface area contributed by atoms with Gasteiger partial charge in [-0.05, 0) is 50.6 Å². The van der Waals surface area contributed by atoms with E-state index in [2.05, 4.69) is 18.7 Å². The average Bonchev–Trinajstić information content (AvgIpc) is 2.39. The van der Waals surface area contributed by atoms with Crippen LogP contribution >= 0.6 is 12.4 Å². The summed E-state index contributed by atoms with van der Waals surface area (Å²) in [6.45, 7) is 7.65. The number of ether oxygens (including phenoxy) is 1. The Morgan fingerprint density at radius 3 is 3.00 bits per heavy atom. The first-order chi connectivity index (χ1) is 9.15. The molecule has 0 unspecified atom stereocenters. The summed E-state index contributed by atoms with van der Waals surface area (Å²) < 4.78 is 5.94. The quantitative estimate of drug-likeness (QED) is 0.909. The van der Waals surface area contributed by atoms with Crippen LogP contribution in [0.5, 0.6) is 11.5 Å². The first-order valence-corrected chi connectivity index (χ1v) is 7.35. The van der Waals surface area contributed by atoms with Gasteiger partial charge in [0.2, 0.25) is 0 Å². The fourth-order valence-electron chi connectivity index (χ4n) is 3.79. The second-order valence-electron chi connectivity index (χ2n) is 6.06. The molecule has 1 N–H and O–H groups in total. The second-order valence-corrected chi connectivity index (χ2v) is 6.06.